The number of carbonyl (C=O) groups excluding carboxylic acids is 1. The lowest BCUT2D eigenvalue weighted by Gasteiger charge is -2.36. The van der Waals surface area contributed by atoms with Gasteiger partial charge in [-0.3, -0.25) is 9.78 Å². The number of carbonyl (C=O) groups is 1. The van der Waals surface area contributed by atoms with Crippen LogP contribution in [-0.2, 0) is 17.7 Å². The zero-order chi connectivity index (χ0) is 26.2. The van der Waals surface area contributed by atoms with Gasteiger partial charge >= 0.3 is 6.09 Å². The summed E-state index contributed by atoms with van der Waals surface area (Å²) in [4.78, 5) is 34.1. The van der Waals surface area contributed by atoms with Crippen molar-refractivity contribution in [1.29, 1.82) is 0 Å². The zero-order valence-corrected chi connectivity index (χ0v) is 22.2. The molecule has 0 spiro atoms. The number of allylic oxidation sites excluding steroid dienone is 1. The first-order chi connectivity index (χ1) is 17.7. The molecule has 37 heavy (non-hydrogen) atoms. The number of halogens is 1. The minimum absolute atomic E-state index is 0.0609. The van der Waals surface area contributed by atoms with Crippen LogP contribution in [0.4, 0.5) is 10.5 Å². The summed E-state index contributed by atoms with van der Waals surface area (Å²) in [6.45, 7) is 8.71. The topological polar surface area (TPSA) is 67.7 Å². The third kappa shape index (κ3) is 5.72. The zero-order valence-electron chi connectivity index (χ0n) is 21.4. The van der Waals surface area contributed by atoms with Crippen molar-refractivity contribution in [2.45, 2.75) is 39.3 Å². The van der Waals surface area contributed by atoms with Gasteiger partial charge in [-0.15, -0.1) is 0 Å². The third-order valence-corrected chi connectivity index (χ3v) is 6.83. The molecular formula is C29H31ClN4O3. The maximum atomic E-state index is 12.9. The fourth-order valence-electron chi connectivity index (χ4n) is 4.74. The number of amides is 1. The molecule has 0 radical (unpaired) electrons. The van der Waals surface area contributed by atoms with Gasteiger partial charge in [0.05, 0.1) is 24.1 Å². The highest BCUT2D eigenvalue weighted by molar-refractivity contribution is 6.30. The number of rotatable bonds is 4. The van der Waals surface area contributed by atoms with Crippen molar-refractivity contribution in [3.63, 3.8) is 0 Å². The number of piperazine rings is 1. The number of pyridine rings is 2. The SMILES string of the molecule is CC(C)(C)OC(=O)N1CCN(c2cnc3c(c2)C(c2ccn(Cc4cccc(Cl)c4)c(=O)c2)=CC3)CC1. The van der Waals surface area contributed by atoms with Crippen molar-refractivity contribution < 1.29 is 9.53 Å². The number of benzene rings is 1. The Morgan fingerprint density at radius 2 is 1.86 bits per heavy atom. The smallest absolute Gasteiger partial charge is 0.410 e. The first-order valence-electron chi connectivity index (χ1n) is 12.5. The van der Waals surface area contributed by atoms with Crippen LogP contribution in [0.1, 0.15) is 43.2 Å². The lowest BCUT2D eigenvalue weighted by molar-refractivity contribution is 0.0240. The lowest BCUT2D eigenvalue weighted by Crippen LogP contribution is -2.50. The normalized spacial score (nSPS) is 15.4. The molecule has 1 aromatic carbocycles. The number of hydrogen-bond donors (Lipinski definition) is 0. The van der Waals surface area contributed by atoms with E-state index >= 15 is 0 Å². The van der Waals surface area contributed by atoms with Crippen LogP contribution in [0.15, 0.2) is 65.7 Å². The van der Waals surface area contributed by atoms with Crippen molar-refractivity contribution in [1.82, 2.24) is 14.5 Å². The van der Waals surface area contributed by atoms with Crippen LogP contribution in [0.25, 0.3) is 5.57 Å². The van der Waals surface area contributed by atoms with Gasteiger partial charge < -0.3 is 19.1 Å². The second-order valence-corrected chi connectivity index (χ2v) is 10.9. The number of aromatic nitrogens is 2. The maximum absolute atomic E-state index is 12.9. The molecule has 0 atom stereocenters. The molecular weight excluding hydrogens is 488 g/mol. The second-order valence-electron chi connectivity index (χ2n) is 10.5. The highest BCUT2D eigenvalue weighted by Crippen LogP contribution is 2.34. The largest absolute Gasteiger partial charge is 0.444 e. The second kappa shape index (κ2) is 10.1. The molecule has 0 unspecified atom stereocenters. The number of ether oxygens (including phenoxy) is 1. The highest BCUT2D eigenvalue weighted by Gasteiger charge is 2.27. The van der Waals surface area contributed by atoms with Gasteiger partial charge in [-0.1, -0.05) is 29.8 Å². The maximum Gasteiger partial charge on any atom is 0.410 e. The molecule has 0 saturated carbocycles. The summed E-state index contributed by atoms with van der Waals surface area (Å²) in [6, 6.07) is 13.4. The van der Waals surface area contributed by atoms with Crippen molar-refractivity contribution >= 4 is 29.0 Å². The quantitative estimate of drug-likeness (QED) is 0.487. The van der Waals surface area contributed by atoms with Crippen molar-refractivity contribution in [2.24, 2.45) is 0 Å². The Morgan fingerprint density at radius 1 is 1.08 bits per heavy atom. The van der Waals surface area contributed by atoms with Gasteiger partial charge in [-0.25, -0.2) is 4.79 Å². The van der Waals surface area contributed by atoms with Crippen LogP contribution >= 0.6 is 11.6 Å². The Morgan fingerprint density at radius 3 is 2.57 bits per heavy atom. The van der Waals surface area contributed by atoms with Crippen molar-refractivity contribution in [3.8, 4) is 0 Å². The fraction of sp³-hybridized carbons (Fsp3) is 0.345. The first kappa shape index (κ1) is 25.1. The Kier molecular flexibility index (Phi) is 6.82. The predicted octanol–water partition coefficient (Wildman–Crippen LogP) is 4.99. The molecule has 5 rings (SSSR count). The molecule has 2 aromatic heterocycles. The number of nitrogens with zero attached hydrogens (tertiary/aromatic N) is 4. The minimum Gasteiger partial charge on any atom is -0.444 e. The predicted molar refractivity (Wildman–Crippen MR) is 146 cm³/mol. The Balaban J connectivity index is 1.30. The highest BCUT2D eigenvalue weighted by atomic mass is 35.5. The molecule has 1 saturated heterocycles. The van der Waals surface area contributed by atoms with Crippen molar-refractivity contribution in [3.05, 3.63) is 98.7 Å². The Bertz CT molecular complexity index is 1420. The van der Waals surface area contributed by atoms with E-state index in [1.807, 2.05) is 63.5 Å². The average Bonchev–Trinajstić information content (AvgIpc) is 3.28. The van der Waals surface area contributed by atoms with Crippen molar-refractivity contribution in [2.75, 3.05) is 31.1 Å². The summed E-state index contributed by atoms with van der Waals surface area (Å²) in [5, 5.41) is 0.657. The molecule has 3 heterocycles. The standard InChI is InChI=1S/C29H31ClN4O3/c1-29(2,3)37-28(36)33-13-11-32(12-14-33)23-17-25-24(7-8-26(25)31-18-23)21-9-10-34(27(35)16-21)19-20-5-4-6-22(30)15-20/h4-7,9-10,15-18H,8,11-14,19H2,1-3H3. The summed E-state index contributed by atoms with van der Waals surface area (Å²) < 4.78 is 7.20. The molecule has 3 aromatic rings. The fourth-order valence-corrected chi connectivity index (χ4v) is 4.96. The molecule has 0 bridgehead atoms. The van der Waals surface area contributed by atoms with E-state index in [1.165, 1.54) is 0 Å². The minimum atomic E-state index is -0.503. The summed E-state index contributed by atoms with van der Waals surface area (Å²) in [6.07, 6.45) is 6.35. The molecule has 8 heteroatoms. The van der Waals surface area contributed by atoms with Gasteiger partial charge in [-0.05, 0) is 61.7 Å². The molecule has 2 aliphatic rings. The number of hydrogen-bond acceptors (Lipinski definition) is 5. The van der Waals surface area contributed by atoms with Crippen LogP contribution in [0, 0.1) is 0 Å². The lowest BCUT2D eigenvalue weighted by atomic mass is 10.0. The van der Waals surface area contributed by atoms with E-state index in [-0.39, 0.29) is 11.7 Å². The van der Waals surface area contributed by atoms with Gasteiger partial charge in [0.2, 0.25) is 0 Å². The third-order valence-electron chi connectivity index (χ3n) is 6.59. The molecule has 0 N–H and O–H groups in total. The van der Waals surface area contributed by atoms with Gasteiger partial charge in [0.1, 0.15) is 5.60 Å². The summed E-state index contributed by atoms with van der Waals surface area (Å²) >= 11 is 6.10. The summed E-state index contributed by atoms with van der Waals surface area (Å²) in [5.74, 6) is 0. The van der Waals surface area contributed by atoms with Gasteiger partial charge in [-0.2, -0.15) is 0 Å². The van der Waals surface area contributed by atoms with Crippen LogP contribution in [0.5, 0.6) is 0 Å². The molecule has 1 aliphatic carbocycles. The van der Waals surface area contributed by atoms with Gasteiger partial charge in [0, 0.05) is 55.4 Å². The Hall–Kier alpha value is -3.58. The van der Waals surface area contributed by atoms with Gasteiger partial charge in [0.25, 0.3) is 5.56 Å². The molecule has 192 valence electrons. The van der Waals surface area contributed by atoms with E-state index in [1.54, 1.807) is 15.5 Å². The molecule has 1 amide bonds. The van der Waals surface area contributed by atoms with E-state index in [0.29, 0.717) is 37.7 Å². The van der Waals surface area contributed by atoms with Crippen LogP contribution < -0.4 is 10.5 Å². The van der Waals surface area contributed by atoms with E-state index in [2.05, 4.69) is 17.0 Å². The molecule has 1 fully saturated rings. The average molecular weight is 519 g/mol. The van der Waals surface area contributed by atoms with Gasteiger partial charge in [0.15, 0.2) is 0 Å². The Labute approximate surface area is 221 Å². The van der Waals surface area contributed by atoms with Crippen LogP contribution in [0.3, 0.4) is 0 Å². The van der Waals surface area contributed by atoms with E-state index in [0.717, 1.165) is 40.1 Å². The van der Waals surface area contributed by atoms with E-state index in [4.69, 9.17) is 21.3 Å². The summed E-state index contributed by atoms with van der Waals surface area (Å²) in [5.41, 5.74) is 5.42. The van der Waals surface area contributed by atoms with Crippen LogP contribution in [-0.4, -0.2) is 52.3 Å². The first-order valence-corrected chi connectivity index (χ1v) is 12.9. The van der Waals surface area contributed by atoms with E-state index < -0.39 is 5.60 Å². The van der Waals surface area contributed by atoms with Crippen LogP contribution in [0.2, 0.25) is 5.02 Å². The molecule has 7 nitrogen and oxygen atoms in total. The monoisotopic (exact) mass is 518 g/mol. The van der Waals surface area contributed by atoms with E-state index in [9.17, 15) is 9.59 Å². The number of anilines is 1. The number of fused-ring (bicyclic) bond motifs is 1. The molecule has 1 aliphatic heterocycles. The summed E-state index contributed by atoms with van der Waals surface area (Å²) in [7, 11) is 0.